The first-order chi connectivity index (χ1) is 15.7. The van der Waals surface area contributed by atoms with Crippen LogP contribution in [-0.4, -0.2) is 66.7 Å². The summed E-state index contributed by atoms with van der Waals surface area (Å²) in [5.41, 5.74) is 2.48. The number of nitrogens with one attached hydrogen (secondary N) is 2. The number of para-hydroxylation sites is 1. The molecule has 0 atom stereocenters. The lowest BCUT2D eigenvalue weighted by Crippen LogP contribution is -2.44. The molecule has 8 heteroatoms. The number of aryl methyl sites for hydroxylation is 1. The van der Waals surface area contributed by atoms with Crippen molar-refractivity contribution in [1.82, 2.24) is 25.1 Å². The minimum absolute atomic E-state index is 0. The van der Waals surface area contributed by atoms with Gasteiger partial charge in [0, 0.05) is 63.7 Å². The molecule has 0 aliphatic carbocycles. The number of likely N-dealkylation sites (N-methyl/N-ethyl adjacent to an activating group) is 1. The van der Waals surface area contributed by atoms with Gasteiger partial charge in [0.05, 0.1) is 6.54 Å². The fourth-order valence-electron chi connectivity index (χ4n) is 4.07. The highest BCUT2D eigenvalue weighted by atomic mass is 127. The maximum atomic E-state index is 4.80. The molecule has 1 aromatic carbocycles. The van der Waals surface area contributed by atoms with Crippen molar-refractivity contribution >= 4 is 46.7 Å². The van der Waals surface area contributed by atoms with Gasteiger partial charge >= 0.3 is 0 Å². The third-order valence-corrected chi connectivity index (χ3v) is 5.95. The van der Waals surface area contributed by atoms with Crippen LogP contribution in [0.5, 0.6) is 0 Å². The highest BCUT2D eigenvalue weighted by Crippen LogP contribution is 2.16. The van der Waals surface area contributed by atoms with E-state index in [0.717, 1.165) is 64.0 Å². The standard InChI is InChI=1S/C25H35N7.HI/c1-3-26-25(28-11-6-13-31-14-10-22-7-4-5-8-23(22)31)29-20-21-9-12-27-24(19-21)32-17-15-30(2)16-18-32;/h4-5,7-10,12,14,19H,3,6,11,13,15-18,20H2,1-2H3,(H2,26,28,29);1H. The minimum Gasteiger partial charge on any atom is -0.357 e. The molecule has 2 aromatic heterocycles. The molecule has 7 nitrogen and oxygen atoms in total. The highest BCUT2D eigenvalue weighted by Gasteiger charge is 2.15. The third kappa shape index (κ3) is 7.07. The average molecular weight is 562 g/mol. The molecular formula is C25H36IN7. The Kier molecular flexibility index (Phi) is 9.80. The first-order valence-electron chi connectivity index (χ1n) is 11.7. The van der Waals surface area contributed by atoms with Crippen molar-refractivity contribution in [3.63, 3.8) is 0 Å². The summed E-state index contributed by atoms with van der Waals surface area (Å²) < 4.78 is 2.32. The number of benzene rings is 1. The normalized spacial score (nSPS) is 14.8. The van der Waals surface area contributed by atoms with Crippen molar-refractivity contribution in [1.29, 1.82) is 0 Å². The van der Waals surface area contributed by atoms with Gasteiger partial charge < -0.3 is 25.0 Å². The van der Waals surface area contributed by atoms with Crippen LogP contribution in [0.15, 0.2) is 59.9 Å². The Balaban J connectivity index is 0.00000306. The van der Waals surface area contributed by atoms with Crippen LogP contribution in [0.3, 0.4) is 0 Å². The molecule has 1 aliphatic rings. The van der Waals surface area contributed by atoms with Gasteiger partial charge in [0.15, 0.2) is 5.96 Å². The second-order valence-corrected chi connectivity index (χ2v) is 8.36. The van der Waals surface area contributed by atoms with Crippen LogP contribution in [0.4, 0.5) is 5.82 Å². The summed E-state index contributed by atoms with van der Waals surface area (Å²) in [6.45, 7) is 9.65. The summed E-state index contributed by atoms with van der Waals surface area (Å²) >= 11 is 0. The number of nitrogens with zero attached hydrogens (tertiary/aromatic N) is 5. The van der Waals surface area contributed by atoms with Crippen molar-refractivity contribution in [2.24, 2.45) is 4.99 Å². The summed E-state index contributed by atoms with van der Waals surface area (Å²) in [5.74, 6) is 1.92. The van der Waals surface area contributed by atoms with E-state index >= 15 is 0 Å². The zero-order valence-corrected chi connectivity index (χ0v) is 22.0. The second-order valence-electron chi connectivity index (χ2n) is 8.36. The van der Waals surface area contributed by atoms with E-state index in [-0.39, 0.29) is 24.0 Å². The van der Waals surface area contributed by atoms with E-state index in [4.69, 9.17) is 4.99 Å². The van der Waals surface area contributed by atoms with Crippen molar-refractivity contribution in [3.05, 3.63) is 60.4 Å². The topological polar surface area (TPSA) is 60.7 Å². The molecule has 0 amide bonds. The first kappa shape index (κ1) is 25.3. The first-order valence-corrected chi connectivity index (χ1v) is 11.7. The number of guanidine groups is 1. The van der Waals surface area contributed by atoms with E-state index < -0.39 is 0 Å². The molecule has 4 rings (SSSR count). The molecular weight excluding hydrogens is 525 g/mol. The largest absolute Gasteiger partial charge is 0.357 e. The number of fused-ring (bicyclic) bond motifs is 1. The Hall–Kier alpha value is -2.33. The van der Waals surface area contributed by atoms with E-state index in [0.29, 0.717) is 6.54 Å². The van der Waals surface area contributed by atoms with Crippen LogP contribution in [0.1, 0.15) is 18.9 Å². The average Bonchev–Trinajstić information content (AvgIpc) is 3.24. The molecule has 1 saturated heterocycles. The van der Waals surface area contributed by atoms with E-state index in [1.807, 2.05) is 6.20 Å². The second kappa shape index (κ2) is 12.8. The van der Waals surface area contributed by atoms with Crippen LogP contribution in [0.2, 0.25) is 0 Å². The Morgan fingerprint density at radius 1 is 1.06 bits per heavy atom. The van der Waals surface area contributed by atoms with Gasteiger partial charge in [-0.15, -0.1) is 24.0 Å². The molecule has 178 valence electrons. The number of pyridine rings is 1. The number of piperazine rings is 1. The summed E-state index contributed by atoms with van der Waals surface area (Å²) in [6, 6.07) is 14.9. The van der Waals surface area contributed by atoms with Gasteiger partial charge in [-0.1, -0.05) is 18.2 Å². The monoisotopic (exact) mass is 561 g/mol. The molecule has 0 saturated carbocycles. The maximum Gasteiger partial charge on any atom is 0.191 e. The predicted molar refractivity (Wildman–Crippen MR) is 149 cm³/mol. The van der Waals surface area contributed by atoms with Gasteiger partial charge in [0.1, 0.15) is 5.82 Å². The van der Waals surface area contributed by atoms with E-state index in [1.54, 1.807) is 0 Å². The van der Waals surface area contributed by atoms with Gasteiger partial charge in [0.2, 0.25) is 0 Å². The number of aromatic nitrogens is 2. The van der Waals surface area contributed by atoms with Gasteiger partial charge in [0.25, 0.3) is 0 Å². The van der Waals surface area contributed by atoms with E-state index in [2.05, 4.69) is 92.6 Å². The molecule has 0 unspecified atom stereocenters. The lowest BCUT2D eigenvalue weighted by atomic mass is 10.2. The number of aliphatic imine (C=N–C) groups is 1. The Labute approximate surface area is 214 Å². The molecule has 3 heterocycles. The molecule has 2 N–H and O–H groups in total. The summed E-state index contributed by atoms with van der Waals surface area (Å²) in [7, 11) is 2.17. The van der Waals surface area contributed by atoms with Crippen molar-refractivity contribution in [2.45, 2.75) is 26.4 Å². The van der Waals surface area contributed by atoms with E-state index in [9.17, 15) is 0 Å². The number of rotatable bonds is 8. The van der Waals surface area contributed by atoms with Gasteiger partial charge in [-0.05, 0) is 55.6 Å². The lowest BCUT2D eigenvalue weighted by Gasteiger charge is -2.33. The van der Waals surface area contributed by atoms with Crippen LogP contribution in [0, 0.1) is 0 Å². The summed E-state index contributed by atoms with van der Waals surface area (Å²) in [4.78, 5) is 14.1. The van der Waals surface area contributed by atoms with Gasteiger partial charge in [-0.2, -0.15) is 0 Å². The lowest BCUT2D eigenvalue weighted by molar-refractivity contribution is 0.312. The molecule has 1 fully saturated rings. The fourth-order valence-corrected chi connectivity index (χ4v) is 4.07. The molecule has 3 aromatic rings. The molecule has 0 spiro atoms. The Bertz CT molecular complexity index is 1020. The third-order valence-electron chi connectivity index (χ3n) is 5.95. The highest BCUT2D eigenvalue weighted by molar-refractivity contribution is 14.0. The SMILES string of the molecule is CCNC(=NCc1ccnc(N2CCN(C)CC2)c1)NCCCn1ccc2ccccc21.I. The van der Waals surface area contributed by atoms with Crippen molar-refractivity contribution < 1.29 is 0 Å². The Morgan fingerprint density at radius 2 is 1.88 bits per heavy atom. The smallest absolute Gasteiger partial charge is 0.191 e. The summed E-state index contributed by atoms with van der Waals surface area (Å²) in [5, 5.41) is 8.13. The van der Waals surface area contributed by atoms with Crippen LogP contribution >= 0.6 is 24.0 Å². The van der Waals surface area contributed by atoms with E-state index in [1.165, 1.54) is 16.5 Å². The number of hydrogen-bond donors (Lipinski definition) is 2. The fraction of sp³-hybridized carbons (Fsp3) is 0.440. The number of anilines is 1. The van der Waals surface area contributed by atoms with Crippen LogP contribution in [-0.2, 0) is 13.1 Å². The van der Waals surface area contributed by atoms with Crippen molar-refractivity contribution in [3.8, 4) is 0 Å². The molecule has 0 radical (unpaired) electrons. The zero-order valence-electron chi connectivity index (χ0n) is 19.7. The molecule has 0 bridgehead atoms. The zero-order chi connectivity index (χ0) is 22.2. The predicted octanol–water partition coefficient (Wildman–Crippen LogP) is 3.55. The maximum absolute atomic E-state index is 4.80. The van der Waals surface area contributed by atoms with Gasteiger partial charge in [-0.25, -0.2) is 9.98 Å². The quantitative estimate of drug-likeness (QED) is 0.191. The molecule has 1 aliphatic heterocycles. The van der Waals surface area contributed by atoms with Crippen LogP contribution < -0.4 is 15.5 Å². The number of halogens is 1. The van der Waals surface area contributed by atoms with Gasteiger partial charge in [-0.3, -0.25) is 0 Å². The summed E-state index contributed by atoms with van der Waals surface area (Å²) in [6.07, 6.45) is 5.11. The Morgan fingerprint density at radius 3 is 2.70 bits per heavy atom. The number of hydrogen-bond acceptors (Lipinski definition) is 4. The minimum atomic E-state index is 0. The molecule has 33 heavy (non-hydrogen) atoms. The van der Waals surface area contributed by atoms with Crippen LogP contribution in [0.25, 0.3) is 10.9 Å². The van der Waals surface area contributed by atoms with Crippen molar-refractivity contribution in [2.75, 3.05) is 51.2 Å².